The second kappa shape index (κ2) is 5.19. The van der Waals surface area contributed by atoms with Gasteiger partial charge in [0.15, 0.2) is 0 Å². The largest absolute Gasteiger partial charge is 0.388 e. The Morgan fingerprint density at radius 3 is 2.76 bits per heavy atom. The van der Waals surface area contributed by atoms with Crippen LogP contribution < -0.4 is 5.73 Å². The average Bonchev–Trinajstić information content (AvgIpc) is 2.25. The Bertz CT molecular complexity index is 517. The van der Waals surface area contributed by atoms with Crippen LogP contribution in [0.25, 0.3) is 0 Å². The molecule has 0 bridgehead atoms. The molecular weight excluding hydrogens is 247 g/mol. The molecule has 0 amide bonds. The molecule has 0 fully saturated rings. The van der Waals surface area contributed by atoms with E-state index in [1.54, 1.807) is 0 Å². The van der Waals surface area contributed by atoms with Crippen LogP contribution in [-0.4, -0.2) is 37.1 Å². The summed E-state index contributed by atoms with van der Waals surface area (Å²) in [4.78, 5) is 3.26. The molecule has 0 aliphatic rings. The molecule has 0 spiro atoms. The predicted octanol–water partition coefficient (Wildman–Crippen LogP) is 0.167. The highest BCUT2D eigenvalue weighted by molar-refractivity contribution is 7.89. The second-order valence-corrected chi connectivity index (χ2v) is 5.49. The van der Waals surface area contributed by atoms with Gasteiger partial charge in [-0.15, -0.1) is 0 Å². The van der Waals surface area contributed by atoms with Gasteiger partial charge in [-0.25, -0.2) is 17.1 Å². The van der Waals surface area contributed by atoms with Crippen LogP contribution >= 0.6 is 0 Å². The van der Waals surface area contributed by atoms with Crippen molar-refractivity contribution in [2.24, 2.45) is 5.73 Å². The van der Waals surface area contributed by atoms with Gasteiger partial charge in [-0.2, -0.15) is 0 Å². The van der Waals surface area contributed by atoms with Crippen molar-refractivity contribution in [3.05, 3.63) is 24.3 Å². The summed E-state index contributed by atoms with van der Waals surface area (Å²) in [6, 6.07) is 0.895. The molecule has 0 saturated carbocycles. The van der Waals surface area contributed by atoms with E-state index >= 15 is 0 Å². The number of sulfonamides is 1. The maximum Gasteiger partial charge on any atom is 0.244 e. The highest BCUT2D eigenvalue weighted by Crippen LogP contribution is 2.13. The maximum atomic E-state index is 12.9. The van der Waals surface area contributed by atoms with Crippen molar-refractivity contribution in [1.29, 1.82) is 5.41 Å². The van der Waals surface area contributed by atoms with Crippen molar-refractivity contribution in [2.45, 2.75) is 11.3 Å². The summed E-state index contributed by atoms with van der Waals surface area (Å²) in [5.74, 6) is -0.824. The van der Waals surface area contributed by atoms with Crippen molar-refractivity contribution in [3.63, 3.8) is 0 Å². The lowest BCUT2D eigenvalue weighted by Crippen LogP contribution is -2.30. The van der Waals surface area contributed by atoms with Crippen molar-refractivity contribution < 1.29 is 12.8 Å². The van der Waals surface area contributed by atoms with Gasteiger partial charge in [0.1, 0.15) is 10.7 Å². The lowest BCUT2D eigenvalue weighted by atomic mass is 10.4. The van der Waals surface area contributed by atoms with E-state index in [4.69, 9.17) is 11.1 Å². The number of hydrogen-bond acceptors (Lipinski definition) is 4. The van der Waals surface area contributed by atoms with Crippen LogP contribution in [0.15, 0.2) is 23.4 Å². The molecule has 6 nitrogen and oxygen atoms in total. The number of amidine groups is 1. The minimum absolute atomic E-state index is 0.0637. The summed E-state index contributed by atoms with van der Waals surface area (Å²) >= 11 is 0. The van der Waals surface area contributed by atoms with Crippen LogP contribution in [-0.2, 0) is 10.0 Å². The molecule has 1 aromatic heterocycles. The Hall–Kier alpha value is -1.54. The molecule has 0 aromatic carbocycles. The molecule has 17 heavy (non-hydrogen) atoms. The van der Waals surface area contributed by atoms with Gasteiger partial charge in [-0.1, -0.05) is 0 Å². The van der Waals surface area contributed by atoms with E-state index in [0.717, 1.165) is 22.8 Å². The number of nitrogens with zero attached hydrogens (tertiary/aromatic N) is 2. The zero-order chi connectivity index (χ0) is 13.1. The Labute approximate surface area is 98.8 Å². The summed E-state index contributed by atoms with van der Waals surface area (Å²) in [7, 11) is -2.44. The molecule has 1 rings (SSSR count). The number of halogens is 1. The minimum atomic E-state index is -3.78. The van der Waals surface area contributed by atoms with Gasteiger partial charge in [-0.05, 0) is 6.07 Å². The Morgan fingerprint density at radius 1 is 1.59 bits per heavy atom. The number of hydrogen-bond donors (Lipinski definition) is 2. The monoisotopic (exact) mass is 260 g/mol. The smallest absolute Gasteiger partial charge is 0.244 e. The van der Waals surface area contributed by atoms with Gasteiger partial charge in [0.25, 0.3) is 0 Å². The zero-order valence-corrected chi connectivity index (χ0v) is 10.0. The van der Waals surface area contributed by atoms with Crippen LogP contribution in [0.4, 0.5) is 4.39 Å². The number of aromatic nitrogens is 1. The molecule has 94 valence electrons. The third-order valence-electron chi connectivity index (χ3n) is 2.08. The van der Waals surface area contributed by atoms with Crippen molar-refractivity contribution in [3.8, 4) is 0 Å². The second-order valence-electron chi connectivity index (χ2n) is 3.44. The fourth-order valence-electron chi connectivity index (χ4n) is 1.11. The van der Waals surface area contributed by atoms with Crippen LogP contribution in [0.1, 0.15) is 6.42 Å². The SMILES string of the molecule is CN(CCC(=N)N)S(=O)(=O)c1cncc(F)c1. The Morgan fingerprint density at radius 2 is 2.24 bits per heavy atom. The van der Waals surface area contributed by atoms with Crippen LogP contribution in [0.2, 0.25) is 0 Å². The average molecular weight is 260 g/mol. The Kier molecular flexibility index (Phi) is 4.13. The fourth-order valence-corrected chi connectivity index (χ4v) is 2.26. The van der Waals surface area contributed by atoms with Crippen LogP contribution in [0.3, 0.4) is 0 Å². The molecule has 3 N–H and O–H groups in total. The first kappa shape index (κ1) is 13.5. The first-order valence-electron chi connectivity index (χ1n) is 4.74. The molecule has 8 heteroatoms. The normalized spacial score (nSPS) is 11.7. The van der Waals surface area contributed by atoms with Gasteiger partial charge in [0.05, 0.1) is 12.0 Å². The molecule has 0 saturated heterocycles. The fraction of sp³-hybridized carbons (Fsp3) is 0.333. The summed E-state index contributed by atoms with van der Waals surface area (Å²) in [5.41, 5.74) is 5.14. The van der Waals surface area contributed by atoms with Crippen molar-refractivity contribution >= 4 is 15.9 Å². The number of nitrogens with two attached hydrogens (primary N) is 1. The van der Waals surface area contributed by atoms with E-state index in [1.165, 1.54) is 7.05 Å². The quantitative estimate of drug-likeness (QED) is 0.582. The number of pyridine rings is 1. The molecule has 1 heterocycles. The van der Waals surface area contributed by atoms with Gasteiger partial charge < -0.3 is 5.73 Å². The standard InChI is InChI=1S/C9H13FN4O2S/c1-14(3-2-9(11)12)17(15,16)8-4-7(10)5-13-6-8/h4-6H,2-3H2,1H3,(H3,11,12). The van der Waals surface area contributed by atoms with Gasteiger partial charge in [-0.3, -0.25) is 10.4 Å². The molecular formula is C9H13FN4O2S. The molecule has 0 radical (unpaired) electrons. The summed E-state index contributed by atoms with van der Waals surface area (Å²) in [6.07, 6.45) is 2.12. The van der Waals surface area contributed by atoms with Crippen LogP contribution in [0.5, 0.6) is 0 Å². The first-order valence-corrected chi connectivity index (χ1v) is 6.18. The van der Waals surface area contributed by atoms with E-state index < -0.39 is 15.8 Å². The van der Waals surface area contributed by atoms with Gasteiger partial charge >= 0.3 is 0 Å². The maximum absolute atomic E-state index is 12.9. The van der Waals surface area contributed by atoms with Crippen LogP contribution in [0, 0.1) is 11.2 Å². The summed E-state index contributed by atoms with van der Waals surface area (Å²) in [6.45, 7) is 0.0637. The number of rotatable bonds is 5. The van der Waals surface area contributed by atoms with Crippen molar-refractivity contribution in [2.75, 3.05) is 13.6 Å². The highest BCUT2D eigenvalue weighted by atomic mass is 32.2. The van der Waals surface area contributed by atoms with E-state index in [0.29, 0.717) is 0 Å². The zero-order valence-electron chi connectivity index (χ0n) is 9.22. The molecule has 0 aliphatic heterocycles. The van der Waals surface area contributed by atoms with Gasteiger partial charge in [0.2, 0.25) is 10.0 Å². The molecule has 1 aromatic rings. The Balaban J connectivity index is 2.91. The number of nitrogens with one attached hydrogen (secondary N) is 1. The van der Waals surface area contributed by atoms with E-state index in [2.05, 4.69) is 4.98 Å². The molecule has 0 aliphatic carbocycles. The highest BCUT2D eigenvalue weighted by Gasteiger charge is 2.21. The predicted molar refractivity (Wildman–Crippen MR) is 60.5 cm³/mol. The molecule has 0 unspecified atom stereocenters. The van der Waals surface area contributed by atoms with Crippen molar-refractivity contribution in [1.82, 2.24) is 9.29 Å². The first-order chi connectivity index (χ1) is 7.84. The lowest BCUT2D eigenvalue weighted by molar-refractivity contribution is 0.476. The van der Waals surface area contributed by atoms with E-state index in [1.807, 2.05) is 0 Å². The minimum Gasteiger partial charge on any atom is -0.388 e. The third-order valence-corrected chi connectivity index (χ3v) is 3.91. The molecule has 0 atom stereocenters. The summed E-state index contributed by atoms with van der Waals surface area (Å²) < 4.78 is 37.7. The summed E-state index contributed by atoms with van der Waals surface area (Å²) in [5, 5.41) is 7.01. The lowest BCUT2D eigenvalue weighted by Gasteiger charge is -2.16. The van der Waals surface area contributed by atoms with Gasteiger partial charge in [0, 0.05) is 26.2 Å². The van der Waals surface area contributed by atoms with E-state index in [-0.39, 0.29) is 23.7 Å². The topological polar surface area (TPSA) is 100 Å². The third kappa shape index (κ3) is 3.46. The van der Waals surface area contributed by atoms with E-state index in [9.17, 15) is 12.8 Å².